The van der Waals surface area contributed by atoms with Gasteiger partial charge in [-0.05, 0) is 59.7 Å². The van der Waals surface area contributed by atoms with Crippen LogP contribution in [-0.2, 0) is 6.54 Å². The Hall–Kier alpha value is -5.91. The fourth-order valence-electron chi connectivity index (χ4n) is 4.25. The summed E-state index contributed by atoms with van der Waals surface area (Å²) in [5, 5.41) is 14.7. The highest BCUT2D eigenvalue weighted by Crippen LogP contribution is 2.41. The molecule has 0 saturated heterocycles. The number of nitro benzene ring substituents is 1. The van der Waals surface area contributed by atoms with Gasteiger partial charge in [-0.2, -0.15) is 5.10 Å². The van der Waals surface area contributed by atoms with Crippen molar-refractivity contribution in [3.05, 3.63) is 117 Å². The summed E-state index contributed by atoms with van der Waals surface area (Å²) in [4.78, 5) is 38.4. The van der Waals surface area contributed by atoms with Crippen LogP contribution in [0.15, 0.2) is 90.0 Å². The lowest BCUT2D eigenvalue weighted by molar-refractivity contribution is -0.384. The zero-order valence-corrected chi connectivity index (χ0v) is 24.5. The molecular formula is C32H30N4O8. The molecule has 0 aliphatic carbocycles. The Morgan fingerprint density at radius 3 is 1.93 bits per heavy atom. The van der Waals surface area contributed by atoms with E-state index in [2.05, 4.69) is 10.5 Å². The second-order valence-electron chi connectivity index (χ2n) is 9.25. The van der Waals surface area contributed by atoms with Crippen molar-refractivity contribution >= 4 is 29.4 Å². The van der Waals surface area contributed by atoms with Gasteiger partial charge in [0.05, 0.1) is 51.8 Å². The average molecular weight is 599 g/mol. The average Bonchev–Trinajstić information content (AvgIpc) is 3.06. The number of nitro groups is 1. The molecule has 0 atom stereocenters. The predicted octanol–water partition coefficient (Wildman–Crippen LogP) is 5.24. The molecule has 2 amide bonds. The summed E-state index contributed by atoms with van der Waals surface area (Å²) in [5.74, 6) is 1.01. The third-order valence-electron chi connectivity index (χ3n) is 6.58. The van der Waals surface area contributed by atoms with E-state index in [1.165, 1.54) is 63.9 Å². The van der Waals surface area contributed by atoms with Crippen molar-refractivity contribution in [1.82, 2.24) is 5.43 Å². The van der Waals surface area contributed by atoms with E-state index in [9.17, 15) is 19.7 Å². The first-order valence-electron chi connectivity index (χ1n) is 13.2. The smallest absolute Gasteiger partial charge is 0.271 e. The number of amides is 2. The quantitative estimate of drug-likeness (QED) is 0.133. The van der Waals surface area contributed by atoms with E-state index >= 15 is 0 Å². The summed E-state index contributed by atoms with van der Waals surface area (Å²) in [5.41, 5.74) is 4.89. The van der Waals surface area contributed by atoms with Crippen LogP contribution in [0.4, 0.5) is 11.4 Å². The van der Waals surface area contributed by atoms with Crippen molar-refractivity contribution in [2.45, 2.75) is 6.54 Å². The first kappa shape index (κ1) is 31.0. The molecule has 12 heteroatoms. The number of carbonyl (C=O) groups excluding carboxylic acids is 2. The van der Waals surface area contributed by atoms with E-state index < -0.39 is 10.8 Å². The Bertz CT molecular complexity index is 1630. The topological polar surface area (TPSA) is 142 Å². The summed E-state index contributed by atoms with van der Waals surface area (Å²) in [6, 6.07) is 22.6. The number of nitrogens with zero attached hydrogens (tertiary/aromatic N) is 3. The maximum absolute atomic E-state index is 13.9. The Kier molecular flexibility index (Phi) is 10.1. The summed E-state index contributed by atoms with van der Waals surface area (Å²) < 4.78 is 21.7. The zero-order chi connectivity index (χ0) is 31.6. The second-order valence-corrected chi connectivity index (χ2v) is 9.25. The van der Waals surface area contributed by atoms with Crippen LogP contribution in [0.2, 0.25) is 0 Å². The summed E-state index contributed by atoms with van der Waals surface area (Å²) in [6.07, 6.45) is 1.37. The molecule has 0 aromatic heterocycles. The van der Waals surface area contributed by atoms with Crippen molar-refractivity contribution in [2.24, 2.45) is 5.10 Å². The summed E-state index contributed by atoms with van der Waals surface area (Å²) in [6.45, 7) is 0.209. The van der Waals surface area contributed by atoms with Crippen LogP contribution in [0.1, 0.15) is 31.8 Å². The molecule has 4 rings (SSSR count). The first-order chi connectivity index (χ1) is 21.3. The molecule has 0 fully saturated rings. The molecule has 12 nitrogen and oxygen atoms in total. The van der Waals surface area contributed by atoms with E-state index in [1.54, 1.807) is 36.3 Å². The third kappa shape index (κ3) is 7.29. The minimum Gasteiger partial charge on any atom is -0.497 e. The number of ether oxygens (including phenoxy) is 4. The number of hydrazone groups is 1. The Morgan fingerprint density at radius 1 is 0.818 bits per heavy atom. The molecule has 0 aliphatic rings. The highest BCUT2D eigenvalue weighted by molar-refractivity contribution is 6.07. The number of benzene rings is 4. The Morgan fingerprint density at radius 2 is 1.41 bits per heavy atom. The number of nitrogens with one attached hydrogen (secondary N) is 1. The van der Waals surface area contributed by atoms with Crippen LogP contribution in [-0.4, -0.2) is 51.4 Å². The predicted molar refractivity (Wildman–Crippen MR) is 164 cm³/mol. The molecule has 4 aromatic carbocycles. The van der Waals surface area contributed by atoms with Crippen molar-refractivity contribution in [1.29, 1.82) is 0 Å². The van der Waals surface area contributed by atoms with Gasteiger partial charge in [0, 0.05) is 35.4 Å². The molecule has 0 spiro atoms. The van der Waals surface area contributed by atoms with Crippen molar-refractivity contribution < 1.29 is 33.5 Å². The fourth-order valence-corrected chi connectivity index (χ4v) is 4.25. The number of non-ortho nitro benzene ring substituents is 1. The second kappa shape index (κ2) is 14.3. The third-order valence-corrected chi connectivity index (χ3v) is 6.58. The molecule has 0 aliphatic heterocycles. The number of rotatable bonds is 12. The fraction of sp³-hybridized carbons (Fsp3) is 0.156. The molecule has 0 heterocycles. The van der Waals surface area contributed by atoms with Crippen molar-refractivity contribution in [2.75, 3.05) is 33.3 Å². The molecule has 4 aromatic rings. The lowest BCUT2D eigenvalue weighted by Gasteiger charge is -2.25. The number of hydrogen-bond donors (Lipinski definition) is 1. The minimum atomic E-state index is -0.500. The van der Waals surface area contributed by atoms with Gasteiger partial charge in [-0.25, -0.2) is 5.43 Å². The number of anilines is 1. The summed E-state index contributed by atoms with van der Waals surface area (Å²) in [7, 11) is 6.07. The van der Waals surface area contributed by atoms with Crippen molar-refractivity contribution in [3.63, 3.8) is 0 Å². The van der Waals surface area contributed by atoms with Crippen LogP contribution in [0, 0.1) is 10.1 Å². The van der Waals surface area contributed by atoms with Gasteiger partial charge >= 0.3 is 0 Å². The van der Waals surface area contributed by atoms with Crippen LogP contribution in [0.25, 0.3) is 0 Å². The first-order valence-corrected chi connectivity index (χ1v) is 13.2. The van der Waals surface area contributed by atoms with E-state index in [4.69, 9.17) is 18.9 Å². The Labute approximate surface area is 253 Å². The molecule has 226 valence electrons. The Balaban J connectivity index is 1.57. The van der Waals surface area contributed by atoms with Crippen LogP contribution in [0.3, 0.4) is 0 Å². The number of hydrogen-bond acceptors (Lipinski definition) is 9. The van der Waals surface area contributed by atoms with E-state index in [-0.39, 0.29) is 23.7 Å². The van der Waals surface area contributed by atoms with E-state index in [0.29, 0.717) is 39.8 Å². The summed E-state index contributed by atoms with van der Waals surface area (Å²) >= 11 is 0. The standard InChI is InChI=1S/C32H30N4O8/c1-41-27-15-7-22(8-16-27)20-35(26-17-28(42-2)30(44-4)29(18-26)43-3)32(38)24-11-9-23(10-12-24)31(37)34-33-19-21-5-13-25(14-6-21)36(39)40/h5-19H,20H2,1-4H3,(H,34,37)/b33-19+. The zero-order valence-electron chi connectivity index (χ0n) is 24.5. The van der Waals surface area contributed by atoms with Gasteiger partial charge in [-0.1, -0.05) is 12.1 Å². The van der Waals surface area contributed by atoms with Gasteiger partial charge in [-0.3, -0.25) is 19.7 Å². The van der Waals surface area contributed by atoms with Gasteiger partial charge in [0.15, 0.2) is 11.5 Å². The van der Waals surface area contributed by atoms with Gasteiger partial charge in [-0.15, -0.1) is 0 Å². The lowest BCUT2D eigenvalue weighted by atomic mass is 10.1. The minimum absolute atomic E-state index is 0.0475. The van der Waals surface area contributed by atoms with E-state index in [0.717, 1.165) is 5.56 Å². The van der Waals surface area contributed by atoms with Crippen molar-refractivity contribution in [3.8, 4) is 23.0 Å². The van der Waals surface area contributed by atoms with Gasteiger partial charge < -0.3 is 23.8 Å². The molecule has 0 radical (unpaired) electrons. The maximum Gasteiger partial charge on any atom is 0.271 e. The largest absolute Gasteiger partial charge is 0.497 e. The number of methoxy groups -OCH3 is 4. The molecule has 0 saturated carbocycles. The molecule has 44 heavy (non-hydrogen) atoms. The van der Waals surface area contributed by atoms with Crippen LogP contribution in [0.5, 0.6) is 23.0 Å². The lowest BCUT2D eigenvalue weighted by Crippen LogP contribution is -2.30. The molecule has 1 N–H and O–H groups in total. The SMILES string of the molecule is COc1ccc(CN(C(=O)c2ccc(C(=O)N/N=C/c3ccc([N+](=O)[O-])cc3)cc2)c2cc(OC)c(OC)c(OC)c2)cc1. The van der Waals surface area contributed by atoms with Gasteiger partial charge in [0.2, 0.25) is 5.75 Å². The van der Waals surface area contributed by atoms with E-state index in [1.807, 2.05) is 24.3 Å². The maximum atomic E-state index is 13.9. The monoisotopic (exact) mass is 598 g/mol. The normalized spacial score (nSPS) is 10.6. The molecular weight excluding hydrogens is 568 g/mol. The van der Waals surface area contributed by atoms with Gasteiger partial charge in [0.1, 0.15) is 5.75 Å². The number of carbonyl (C=O) groups is 2. The van der Waals surface area contributed by atoms with Crippen LogP contribution >= 0.6 is 0 Å². The highest BCUT2D eigenvalue weighted by atomic mass is 16.6. The van der Waals surface area contributed by atoms with Crippen LogP contribution < -0.4 is 29.3 Å². The molecule has 0 unspecified atom stereocenters. The van der Waals surface area contributed by atoms with Gasteiger partial charge in [0.25, 0.3) is 17.5 Å². The molecule has 0 bridgehead atoms. The highest BCUT2D eigenvalue weighted by Gasteiger charge is 2.23.